The zero-order valence-corrected chi connectivity index (χ0v) is 16.4. The molecular weight excluding hydrogens is 356 g/mol. The lowest BCUT2D eigenvalue weighted by Crippen LogP contribution is -2.64. The fraction of sp³-hybridized carbons (Fsp3) is 0.269. The van der Waals surface area contributed by atoms with E-state index in [0.717, 1.165) is 19.5 Å². The van der Waals surface area contributed by atoms with Crippen LogP contribution in [0.1, 0.15) is 29.0 Å². The molecule has 1 amide bonds. The van der Waals surface area contributed by atoms with Gasteiger partial charge in [-0.1, -0.05) is 78.9 Å². The lowest BCUT2D eigenvalue weighted by molar-refractivity contribution is -0.135. The van der Waals surface area contributed by atoms with Gasteiger partial charge in [-0.15, -0.1) is 0 Å². The minimum Gasteiger partial charge on any atom is -0.352 e. The van der Waals surface area contributed by atoms with Gasteiger partial charge in [0.1, 0.15) is 5.54 Å². The summed E-state index contributed by atoms with van der Waals surface area (Å²) in [5, 5.41) is 0. The van der Waals surface area contributed by atoms with Crippen molar-refractivity contribution >= 4 is 11.6 Å². The van der Waals surface area contributed by atoms with Gasteiger partial charge in [0.15, 0.2) is 0 Å². The summed E-state index contributed by atoms with van der Waals surface area (Å²) in [6.07, 6.45) is 1.11. The summed E-state index contributed by atoms with van der Waals surface area (Å²) in [6, 6.07) is 29.6. The van der Waals surface area contributed by atoms with E-state index in [0.29, 0.717) is 24.3 Å². The highest BCUT2D eigenvalue weighted by molar-refractivity contribution is 5.98. The number of carbonyl (C=O) groups excluding carboxylic acids is 1. The van der Waals surface area contributed by atoms with E-state index in [9.17, 15) is 4.79 Å². The van der Waals surface area contributed by atoms with E-state index in [1.807, 2.05) is 6.07 Å². The normalized spacial score (nSPS) is 26.7. The van der Waals surface area contributed by atoms with E-state index in [1.54, 1.807) is 0 Å². The van der Waals surface area contributed by atoms with Gasteiger partial charge in [-0.3, -0.25) is 4.79 Å². The van der Waals surface area contributed by atoms with Crippen molar-refractivity contribution in [1.82, 2.24) is 4.90 Å². The lowest BCUT2D eigenvalue weighted by Gasteiger charge is -2.51. The van der Waals surface area contributed by atoms with Crippen LogP contribution in [0.25, 0.3) is 0 Å². The largest absolute Gasteiger partial charge is 0.352 e. The molecule has 2 fully saturated rings. The molecule has 1 saturated carbocycles. The molecule has 3 heteroatoms. The second-order valence-corrected chi connectivity index (χ2v) is 8.61. The van der Waals surface area contributed by atoms with Crippen LogP contribution < -0.4 is 4.90 Å². The molecule has 1 aliphatic carbocycles. The van der Waals surface area contributed by atoms with Crippen LogP contribution in [0, 0.1) is 5.92 Å². The Hall–Kier alpha value is -3.07. The summed E-state index contributed by atoms with van der Waals surface area (Å²) in [5.74, 6) is 1.04. The minimum atomic E-state index is -0.395. The van der Waals surface area contributed by atoms with Crippen LogP contribution in [0.3, 0.4) is 0 Å². The molecule has 0 radical (unpaired) electrons. The average Bonchev–Trinajstić information content (AvgIpc) is 3.09. The highest BCUT2D eigenvalue weighted by atomic mass is 16.2. The Kier molecular flexibility index (Phi) is 3.61. The summed E-state index contributed by atoms with van der Waals surface area (Å²) in [4.78, 5) is 18.5. The van der Waals surface area contributed by atoms with Crippen molar-refractivity contribution in [3.8, 4) is 0 Å². The van der Waals surface area contributed by atoms with Crippen LogP contribution in [0.2, 0.25) is 0 Å². The number of hydrogen-bond acceptors (Lipinski definition) is 2. The SMILES string of the molecule is O=C1N(Cc2ccccc2)C[C@@H]2C[C@H]3c4ccccc4N(Cc4ccccc4)[C@@]123. The molecule has 0 aromatic heterocycles. The number of para-hydroxylation sites is 1. The highest BCUT2D eigenvalue weighted by Crippen LogP contribution is 2.65. The van der Waals surface area contributed by atoms with Crippen LogP contribution in [0.15, 0.2) is 84.9 Å². The Morgan fingerprint density at radius 2 is 1.41 bits per heavy atom. The molecule has 3 aromatic carbocycles. The molecule has 144 valence electrons. The predicted molar refractivity (Wildman–Crippen MR) is 115 cm³/mol. The number of likely N-dealkylation sites (tertiary alicyclic amines) is 1. The molecule has 2 heterocycles. The van der Waals surface area contributed by atoms with Crippen molar-refractivity contribution in [1.29, 1.82) is 0 Å². The summed E-state index contributed by atoms with van der Waals surface area (Å²) in [7, 11) is 0. The van der Waals surface area contributed by atoms with E-state index in [1.165, 1.54) is 22.4 Å². The van der Waals surface area contributed by atoms with Crippen LogP contribution in [-0.4, -0.2) is 22.9 Å². The maximum atomic E-state index is 13.9. The zero-order chi connectivity index (χ0) is 19.4. The monoisotopic (exact) mass is 380 g/mol. The Morgan fingerprint density at radius 1 is 0.793 bits per heavy atom. The topological polar surface area (TPSA) is 23.6 Å². The van der Waals surface area contributed by atoms with E-state index in [-0.39, 0.29) is 0 Å². The Balaban J connectivity index is 1.39. The van der Waals surface area contributed by atoms with Crippen molar-refractivity contribution in [3.63, 3.8) is 0 Å². The Bertz CT molecular complexity index is 1060. The van der Waals surface area contributed by atoms with Gasteiger partial charge < -0.3 is 9.80 Å². The first-order valence-electron chi connectivity index (χ1n) is 10.5. The molecule has 3 nitrogen and oxygen atoms in total. The number of rotatable bonds is 4. The lowest BCUT2D eigenvalue weighted by atomic mass is 9.59. The molecule has 0 N–H and O–H groups in total. The molecule has 3 aliphatic rings. The maximum Gasteiger partial charge on any atom is 0.249 e. The van der Waals surface area contributed by atoms with E-state index in [2.05, 4.69) is 88.7 Å². The van der Waals surface area contributed by atoms with Crippen LogP contribution in [-0.2, 0) is 17.9 Å². The highest BCUT2D eigenvalue weighted by Gasteiger charge is 2.72. The van der Waals surface area contributed by atoms with Crippen molar-refractivity contribution in [2.24, 2.45) is 5.92 Å². The fourth-order valence-electron chi connectivity index (χ4n) is 5.94. The van der Waals surface area contributed by atoms with Crippen LogP contribution in [0.4, 0.5) is 5.69 Å². The average molecular weight is 380 g/mol. The summed E-state index contributed by atoms with van der Waals surface area (Å²) >= 11 is 0. The first-order chi connectivity index (χ1) is 14.3. The van der Waals surface area contributed by atoms with Gasteiger partial charge in [0, 0.05) is 37.2 Å². The van der Waals surface area contributed by atoms with Gasteiger partial charge in [-0.25, -0.2) is 0 Å². The molecule has 0 bridgehead atoms. The fourth-order valence-corrected chi connectivity index (χ4v) is 5.94. The smallest absolute Gasteiger partial charge is 0.249 e. The van der Waals surface area contributed by atoms with Gasteiger partial charge in [0.2, 0.25) is 5.91 Å². The summed E-state index contributed by atoms with van der Waals surface area (Å²) in [6.45, 7) is 2.36. The number of nitrogens with zero attached hydrogens (tertiary/aromatic N) is 2. The van der Waals surface area contributed by atoms with Gasteiger partial charge in [0.25, 0.3) is 0 Å². The first-order valence-corrected chi connectivity index (χ1v) is 10.5. The van der Waals surface area contributed by atoms with Crippen molar-refractivity contribution in [2.75, 3.05) is 11.4 Å². The third-order valence-corrected chi connectivity index (χ3v) is 7.19. The van der Waals surface area contributed by atoms with Crippen molar-refractivity contribution in [2.45, 2.75) is 31.0 Å². The molecule has 0 unspecified atom stereocenters. The Labute approximate surface area is 171 Å². The number of fused-ring (bicyclic) bond motifs is 2. The quantitative estimate of drug-likeness (QED) is 0.661. The number of anilines is 1. The molecule has 3 aromatic rings. The third kappa shape index (κ3) is 2.27. The summed E-state index contributed by atoms with van der Waals surface area (Å²) < 4.78 is 0. The van der Waals surface area contributed by atoms with Gasteiger partial charge in [0.05, 0.1) is 0 Å². The molecule has 1 spiro atoms. The summed E-state index contributed by atoms with van der Waals surface area (Å²) in [5.41, 5.74) is 4.68. The van der Waals surface area contributed by atoms with Crippen molar-refractivity contribution in [3.05, 3.63) is 102 Å². The molecular formula is C26H24N2O. The molecule has 29 heavy (non-hydrogen) atoms. The number of amides is 1. The number of hydrogen-bond donors (Lipinski definition) is 0. The second kappa shape index (κ2) is 6.21. The van der Waals surface area contributed by atoms with Crippen LogP contribution in [0.5, 0.6) is 0 Å². The van der Waals surface area contributed by atoms with Gasteiger partial charge >= 0.3 is 0 Å². The number of benzene rings is 3. The Morgan fingerprint density at radius 3 is 2.14 bits per heavy atom. The molecule has 6 rings (SSSR count). The van der Waals surface area contributed by atoms with E-state index < -0.39 is 5.54 Å². The van der Waals surface area contributed by atoms with E-state index in [4.69, 9.17) is 0 Å². The zero-order valence-electron chi connectivity index (χ0n) is 16.4. The molecule has 1 saturated heterocycles. The van der Waals surface area contributed by atoms with Gasteiger partial charge in [-0.05, 0) is 29.2 Å². The molecule has 2 aliphatic heterocycles. The minimum absolute atomic E-state index is 0.315. The first kappa shape index (κ1) is 16.8. The van der Waals surface area contributed by atoms with E-state index >= 15 is 0 Å². The predicted octanol–water partition coefficient (Wildman–Crippen LogP) is 4.59. The molecule has 3 atom stereocenters. The second-order valence-electron chi connectivity index (χ2n) is 8.61. The maximum absolute atomic E-state index is 13.9. The number of carbonyl (C=O) groups is 1. The van der Waals surface area contributed by atoms with Gasteiger partial charge in [-0.2, -0.15) is 0 Å². The van der Waals surface area contributed by atoms with Crippen LogP contribution >= 0.6 is 0 Å². The van der Waals surface area contributed by atoms with Crippen molar-refractivity contribution < 1.29 is 4.79 Å². The standard InChI is InChI=1S/C26H24N2O/c29-25-26-21(18-27(25)16-19-9-3-1-4-10-19)15-23(26)22-13-7-8-14-24(22)28(26)17-20-11-5-2-6-12-20/h1-14,21,23H,15-18H2/t21-,23-,26-/m0/s1. The third-order valence-electron chi connectivity index (χ3n) is 7.19.